The molecule has 1 aliphatic heterocycles. The second-order valence-electron chi connectivity index (χ2n) is 4.60. The zero-order chi connectivity index (χ0) is 10.6. The van der Waals surface area contributed by atoms with Crippen molar-refractivity contribution in [1.29, 1.82) is 0 Å². The molecule has 14 heavy (non-hydrogen) atoms. The first-order valence-electron chi connectivity index (χ1n) is 5.03. The topological polar surface area (TPSA) is 29.5 Å². The van der Waals surface area contributed by atoms with Crippen LogP contribution in [-0.2, 0) is 9.53 Å². The predicted octanol–water partition coefficient (Wildman–Crippen LogP) is 1.45. The number of nitrogens with zero attached hydrogens (tertiary/aromatic N) is 1. The SMILES string of the molecule is CC(C)(C)C(C=O)=CN1CCOCC1. The molecular weight excluding hydrogens is 178 g/mol. The first kappa shape index (κ1) is 11.2. The third-order valence-corrected chi connectivity index (χ3v) is 2.36. The quantitative estimate of drug-likeness (QED) is 0.495. The molecule has 0 atom stereocenters. The Morgan fingerprint density at radius 2 is 1.86 bits per heavy atom. The summed E-state index contributed by atoms with van der Waals surface area (Å²) in [6.07, 6.45) is 2.92. The van der Waals surface area contributed by atoms with Crippen molar-refractivity contribution in [2.45, 2.75) is 20.8 Å². The molecule has 0 aliphatic carbocycles. The fourth-order valence-corrected chi connectivity index (χ4v) is 1.30. The number of hydrogen-bond acceptors (Lipinski definition) is 3. The second kappa shape index (κ2) is 4.60. The maximum absolute atomic E-state index is 10.9. The number of morpholine rings is 1. The smallest absolute Gasteiger partial charge is 0.148 e. The summed E-state index contributed by atoms with van der Waals surface area (Å²) in [7, 11) is 0. The average Bonchev–Trinajstić information content (AvgIpc) is 2.14. The van der Waals surface area contributed by atoms with E-state index in [4.69, 9.17) is 4.74 Å². The molecule has 0 unspecified atom stereocenters. The van der Waals surface area contributed by atoms with Crippen LogP contribution in [0.4, 0.5) is 0 Å². The Morgan fingerprint density at radius 1 is 1.29 bits per heavy atom. The summed E-state index contributed by atoms with van der Waals surface area (Å²) in [5, 5.41) is 0. The number of hydrogen-bond donors (Lipinski definition) is 0. The van der Waals surface area contributed by atoms with Crippen LogP contribution >= 0.6 is 0 Å². The van der Waals surface area contributed by atoms with E-state index >= 15 is 0 Å². The van der Waals surface area contributed by atoms with Gasteiger partial charge in [-0.3, -0.25) is 4.79 Å². The van der Waals surface area contributed by atoms with E-state index in [-0.39, 0.29) is 5.41 Å². The largest absolute Gasteiger partial charge is 0.378 e. The standard InChI is InChI=1S/C11H19NO2/c1-11(2,3)10(9-13)8-12-4-6-14-7-5-12/h8-9H,4-7H2,1-3H3. The highest BCUT2D eigenvalue weighted by Crippen LogP contribution is 2.23. The molecule has 0 bridgehead atoms. The Balaban J connectivity index is 2.67. The lowest BCUT2D eigenvalue weighted by atomic mass is 9.88. The highest BCUT2D eigenvalue weighted by atomic mass is 16.5. The van der Waals surface area contributed by atoms with Gasteiger partial charge in [0.05, 0.1) is 13.2 Å². The number of carbonyl (C=O) groups is 1. The van der Waals surface area contributed by atoms with Crippen LogP contribution in [-0.4, -0.2) is 37.5 Å². The van der Waals surface area contributed by atoms with E-state index in [1.165, 1.54) is 0 Å². The van der Waals surface area contributed by atoms with Crippen LogP contribution in [0.25, 0.3) is 0 Å². The van der Waals surface area contributed by atoms with Gasteiger partial charge in [0.25, 0.3) is 0 Å². The number of aldehydes is 1. The van der Waals surface area contributed by atoms with Crippen molar-refractivity contribution in [2.24, 2.45) is 5.41 Å². The Bertz CT molecular complexity index is 222. The van der Waals surface area contributed by atoms with Gasteiger partial charge in [-0.05, 0) is 5.41 Å². The molecule has 0 amide bonds. The van der Waals surface area contributed by atoms with Gasteiger partial charge < -0.3 is 9.64 Å². The summed E-state index contributed by atoms with van der Waals surface area (Å²) in [6, 6.07) is 0. The van der Waals surface area contributed by atoms with Crippen LogP contribution in [0.1, 0.15) is 20.8 Å². The summed E-state index contributed by atoms with van der Waals surface area (Å²) in [4.78, 5) is 13.1. The molecule has 1 aliphatic rings. The minimum absolute atomic E-state index is 0.0694. The predicted molar refractivity (Wildman–Crippen MR) is 56.0 cm³/mol. The van der Waals surface area contributed by atoms with Gasteiger partial charge in [-0.15, -0.1) is 0 Å². The van der Waals surface area contributed by atoms with Crippen LogP contribution in [0.3, 0.4) is 0 Å². The highest BCUT2D eigenvalue weighted by Gasteiger charge is 2.18. The van der Waals surface area contributed by atoms with Crippen LogP contribution in [0.5, 0.6) is 0 Å². The van der Waals surface area contributed by atoms with Gasteiger partial charge in [0, 0.05) is 24.9 Å². The molecule has 3 heteroatoms. The molecular formula is C11H19NO2. The van der Waals surface area contributed by atoms with E-state index in [1.807, 2.05) is 27.0 Å². The molecule has 0 aromatic heterocycles. The van der Waals surface area contributed by atoms with E-state index in [2.05, 4.69) is 4.90 Å². The fourth-order valence-electron chi connectivity index (χ4n) is 1.30. The van der Waals surface area contributed by atoms with Crippen molar-refractivity contribution in [1.82, 2.24) is 4.90 Å². The van der Waals surface area contributed by atoms with E-state index < -0.39 is 0 Å². The summed E-state index contributed by atoms with van der Waals surface area (Å²) in [5.41, 5.74) is 0.777. The molecule has 1 heterocycles. The van der Waals surface area contributed by atoms with Crippen LogP contribution in [0, 0.1) is 5.41 Å². The lowest BCUT2D eigenvalue weighted by Crippen LogP contribution is -2.33. The second-order valence-corrected chi connectivity index (χ2v) is 4.60. The van der Waals surface area contributed by atoms with Gasteiger partial charge in [-0.1, -0.05) is 20.8 Å². The third kappa shape index (κ3) is 3.14. The van der Waals surface area contributed by atoms with E-state index in [0.717, 1.165) is 38.2 Å². The van der Waals surface area contributed by atoms with Crippen molar-refractivity contribution < 1.29 is 9.53 Å². The Kier molecular flexibility index (Phi) is 3.69. The van der Waals surface area contributed by atoms with Crippen molar-refractivity contribution >= 4 is 6.29 Å². The number of ether oxygens (including phenoxy) is 1. The molecule has 0 aromatic rings. The van der Waals surface area contributed by atoms with Gasteiger partial charge in [-0.25, -0.2) is 0 Å². The van der Waals surface area contributed by atoms with Crippen LogP contribution < -0.4 is 0 Å². The first-order chi connectivity index (χ1) is 6.54. The Morgan fingerprint density at radius 3 is 2.29 bits per heavy atom. The third-order valence-electron chi connectivity index (χ3n) is 2.36. The van der Waals surface area contributed by atoms with Crippen molar-refractivity contribution in [3.63, 3.8) is 0 Å². The van der Waals surface area contributed by atoms with Gasteiger partial charge in [0.1, 0.15) is 6.29 Å². The minimum Gasteiger partial charge on any atom is -0.378 e. The van der Waals surface area contributed by atoms with Crippen LogP contribution in [0.2, 0.25) is 0 Å². The zero-order valence-corrected chi connectivity index (χ0v) is 9.25. The Hall–Kier alpha value is -0.830. The lowest BCUT2D eigenvalue weighted by Gasteiger charge is -2.28. The summed E-state index contributed by atoms with van der Waals surface area (Å²) in [6.45, 7) is 9.43. The summed E-state index contributed by atoms with van der Waals surface area (Å²) in [5.74, 6) is 0. The van der Waals surface area contributed by atoms with E-state index in [0.29, 0.717) is 0 Å². The minimum atomic E-state index is -0.0694. The molecule has 80 valence electrons. The Labute approximate surface area is 85.7 Å². The molecule has 0 N–H and O–H groups in total. The molecule has 0 aromatic carbocycles. The maximum Gasteiger partial charge on any atom is 0.148 e. The number of rotatable bonds is 2. The molecule has 1 saturated heterocycles. The molecule has 1 rings (SSSR count). The number of carbonyl (C=O) groups excluding carboxylic acids is 1. The normalized spacial score (nSPS) is 19.6. The monoisotopic (exact) mass is 197 g/mol. The molecule has 3 nitrogen and oxygen atoms in total. The summed E-state index contributed by atoms with van der Waals surface area (Å²) < 4.78 is 5.24. The average molecular weight is 197 g/mol. The maximum atomic E-state index is 10.9. The van der Waals surface area contributed by atoms with Crippen molar-refractivity contribution in [3.05, 3.63) is 11.8 Å². The van der Waals surface area contributed by atoms with Gasteiger partial charge in [0.2, 0.25) is 0 Å². The highest BCUT2D eigenvalue weighted by molar-refractivity contribution is 5.74. The van der Waals surface area contributed by atoms with Gasteiger partial charge in [-0.2, -0.15) is 0 Å². The molecule has 0 radical (unpaired) electrons. The zero-order valence-electron chi connectivity index (χ0n) is 9.25. The van der Waals surface area contributed by atoms with Gasteiger partial charge >= 0.3 is 0 Å². The van der Waals surface area contributed by atoms with Crippen molar-refractivity contribution in [2.75, 3.05) is 26.3 Å². The van der Waals surface area contributed by atoms with Crippen LogP contribution in [0.15, 0.2) is 11.8 Å². The first-order valence-corrected chi connectivity index (χ1v) is 5.03. The van der Waals surface area contributed by atoms with Crippen molar-refractivity contribution in [3.8, 4) is 0 Å². The summed E-state index contributed by atoms with van der Waals surface area (Å²) >= 11 is 0. The number of allylic oxidation sites excluding steroid dienone is 1. The van der Waals surface area contributed by atoms with Gasteiger partial charge in [0.15, 0.2) is 0 Å². The molecule has 0 saturated carbocycles. The van der Waals surface area contributed by atoms with E-state index in [1.54, 1.807) is 0 Å². The molecule has 0 spiro atoms. The fraction of sp³-hybridized carbons (Fsp3) is 0.727. The molecule has 1 fully saturated rings. The van der Waals surface area contributed by atoms with E-state index in [9.17, 15) is 4.79 Å². The lowest BCUT2D eigenvalue weighted by molar-refractivity contribution is -0.105.